The van der Waals surface area contributed by atoms with Gasteiger partial charge in [-0.25, -0.2) is 4.79 Å². The topological polar surface area (TPSA) is 38.3 Å². The van der Waals surface area contributed by atoms with E-state index in [9.17, 15) is 4.79 Å². The summed E-state index contributed by atoms with van der Waals surface area (Å²) in [4.78, 5) is 10.8. The molecule has 0 bridgehead atoms. The predicted octanol–water partition coefficient (Wildman–Crippen LogP) is 1.92. The molecule has 14 heavy (non-hydrogen) atoms. The third kappa shape index (κ3) is 2.76. The summed E-state index contributed by atoms with van der Waals surface area (Å²) in [5.41, 5.74) is 2.11. The summed E-state index contributed by atoms with van der Waals surface area (Å²) >= 11 is 0. The summed E-state index contributed by atoms with van der Waals surface area (Å²) in [6.45, 7) is 4.10. The fourth-order valence-corrected chi connectivity index (χ4v) is 1.16. The number of rotatable bonds is 3. The zero-order valence-electron chi connectivity index (χ0n) is 8.25. The first-order valence-electron chi connectivity index (χ1n) is 4.48. The Morgan fingerprint density at radius 2 is 2.07 bits per heavy atom. The van der Waals surface area contributed by atoms with Gasteiger partial charge in [0, 0.05) is 7.05 Å². The number of benzene rings is 1. The molecule has 0 aromatic heterocycles. The van der Waals surface area contributed by atoms with Gasteiger partial charge in [-0.05, 0) is 24.5 Å². The van der Waals surface area contributed by atoms with E-state index in [0.717, 1.165) is 11.1 Å². The molecule has 1 radical (unpaired) electrons. The van der Waals surface area contributed by atoms with Crippen molar-refractivity contribution in [1.82, 2.24) is 5.32 Å². The molecule has 1 amide bonds. The highest BCUT2D eigenvalue weighted by atomic mass is 16.5. The molecular formula is C11H14NO2. The minimum Gasteiger partial charge on any atom is -0.445 e. The van der Waals surface area contributed by atoms with Crippen molar-refractivity contribution < 1.29 is 9.53 Å². The van der Waals surface area contributed by atoms with Crippen molar-refractivity contribution in [3.05, 3.63) is 42.3 Å². The zero-order valence-corrected chi connectivity index (χ0v) is 8.25. The zero-order chi connectivity index (χ0) is 10.4. The molecule has 0 atom stereocenters. The number of carbonyl (C=O) groups excluding carboxylic acids is 1. The van der Waals surface area contributed by atoms with E-state index in [1.54, 1.807) is 0 Å². The highest BCUT2D eigenvalue weighted by Gasteiger charge is 2.02. The van der Waals surface area contributed by atoms with Crippen molar-refractivity contribution in [2.75, 3.05) is 7.05 Å². The Hall–Kier alpha value is -1.51. The van der Waals surface area contributed by atoms with Crippen LogP contribution in [-0.2, 0) is 17.8 Å². The summed E-state index contributed by atoms with van der Waals surface area (Å²) in [6, 6.07) is 7.78. The molecule has 1 aromatic rings. The number of ether oxygens (including phenoxy) is 1. The van der Waals surface area contributed by atoms with Gasteiger partial charge in [0.05, 0.1) is 0 Å². The van der Waals surface area contributed by atoms with E-state index in [1.165, 1.54) is 7.05 Å². The van der Waals surface area contributed by atoms with Gasteiger partial charge in [0.1, 0.15) is 6.61 Å². The number of carbonyl (C=O) groups is 1. The lowest BCUT2D eigenvalue weighted by Crippen LogP contribution is -2.19. The van der Waals surface area contributed by atoms with Crippen molar-refractivity contribution in [1.29, 1.82) is 0 Å². The molecule has 0 aliphatic carbocycles. The van der Waals surface area contributed by atoms with E-state index in [2.05, 4.69) is 12.2 Å². The lowest BCUT2D eigenvalue weighted by Gasteiger charge is -2.07. The smallest absolute Gasteiger partial charge is 0.407 e. The Morgan fingerprint density at radius 1 is 1.43 bits per heavy atom. The van der Waals surface area contributed by atoms with Crippen LogP contribution in [0, 0.1) is 6.92 Å². The first-order chi connectivity index (χ1) is 6.77. The molecule has 1 aromatic carbocycles. The molecule has 3 nitrogen and oxygen atoms in total. The van der Waals surface area contributed by atoms with E-state index in [1.807, 2.05) is 24.3 Å². The Bertz CT molecular complexity index is 310. The van der Waals surface area contributed by atoms with Crippen LogP contribution < -0.4 is 5.32 Å². The van der Waals surface area contributed by atoms with Gasteiger partial charge in [0.15, 0.2) is 0 Å². The summed E-state index contributed by atoms with van der Waals surface area (Å²) < 4.78 is 4.94. The second kappa shape index (κ2) is 5.27. The van der Waals surface area contributed by atoms with Gasteiger partial charge in [-0.15, -0.1) is 0 Å². The van der Waals surface area contributed by atoms with Crippen molar-refractivity contribution in [2.24, 2.45) is 0 Å². The van der Waals surface area contributed by atoms with E-state index in [4.69, 9.17) is 4.74 Å². The molecule has 0 saturated carbocycles. The molecule has 75 valence electrons. The van der Waals surface area contributed by atoms with E-state index < -0.39 is 6.09 Å². The molecule has 3 heteroatoms. The maximum absolute atomic E-state index is 10.8. The van der Waals surface area contributed by atoms with Crippen molar-refractivity contribution in [3.8, 4) is 0 Å². The lowest BCUT2D eigenvalue weighted by atomic mass is 10.1. The maximum atomic E-state index is 10.8. The van der Waals surface area contributed by atoms with Crippen LogP contribution >= 0.6 is 0 Å². The highest BCUT2D eigenvalue weighted by Crippen LogP contribution is 2.10. The van der Waals surface area contributed by atoms with Gasteiger partial charge in [-0.3, -0.25) is 0 Å². The molecule has 1 N–H and O–H groups in total. The molecule has 0 heterocycles. The Kier molecular flexibility index (Phi) is 3.98. The second-order valence-electron chi connectivity index (χ2n) is 2.84. The van der Waals surface area contributed by atoms with Crippen LogP contribution in [0.4, 0.5) is 4.79 Å². The minimum absolute atomic E-state index is 0.297. The number of amides is 1. The fraction of sp³-hybridized carbons (Fsp3) is 0.273. The lowest BCUT2D eigenvalue weighted by molar-refractivity contribution is 0.141. The first kappa shape index (κ1) is 10.6. The standard InChI is InChI=1S/C11H14NO2/c1-3-9-6-4-5-7-10(9)8-14-11(13)12-2/h4-7H,1,3,8H2,2H3,(H,12,13). The van der Waals surface area contributed by atoms with Gasteiger partial charge in [-0.2, -0.15) is 0 Å². The van der Waals surface area contributed by atoms with Gasteiger partial charge < -0.3 is 10.1 Å². The molecule has 0 spiro atoms. The SMILES string of the molecule is [CH2]Cc1ccccc1COC(=O)NC. The number of nitrogens with one attached hydrogen (secondary N) is 1. The summed E-state index contributed by atoms with van der Waals surface area (Å²) in [7, 11) is 1.54. The number of hydrogen-bond acceptors (Lipinski definition) is 2. The Labute approximate surface area is 84.1 Å². The van der Waals surface area contributed by atoms with Crippen LogP contribution in [0.5, 0.6) is 0 Å². The molecule has 0 unspecified atom stereocenters. The molecule has 0 aliphatic rings. The van der Waals surface area contributed by atoms with Crippen LogP contribution in [0.1, 0.15) is 11.1 Å². The van der Waals surface area contributed by atoms with Gasteiger partial charge in [0.2, 0.25) is 0 Å². The monoisotopic (exact) mass is 192 g/mol. The van der Waals surface area contributed by atoms with Crippen molar-refractivity contribution in [2.45, 2.75) is 13.0 Å². The largest absolute Gasteiger partial charge is 0.445 e. The predicted molar refractivity (Wildman–Crippen MR) is 54.7 cm³/mol. The van der Waals surface area contributed by atoms with Crippen LogP contribution in [-0.4, -0.2) is 13.1 Å². The maximum Gasteiger partial charge on any atom is 0.407 e. The van der Waals surface area contributed by atoms with Crippen LogP contribution in [0.3, 0.4) is 0 Å². The Balaban J connectivity index is 2.61. The molecule has 0 fully saturated rings. The third-order valence-corrected chi connectivity index (χ3v) is 1.95. The van der Waals surface area contributed by atoms with Crippen LogP contribution in [0.25, 0.3) is 0 Å². The summed E-state index contributed by atoms with van der Waals surface area (Å²) in [5.74, 6) is 0. The second-order valence-corrected chi connectivity index (χ2v) is 2.84. The third-order valence-electron chi connectivity index (χ3n) is 1.95. The van der Waals surface area contributed by atoms with E-state index >= 15 is 0 Å². The van der Waals surface area contributed by atoms with Crippen LogP contribution in [0.2, 0.25) is 0 Å². The highest BCUT2D eigenvalue weighted by molar-refractivity contribution is 5.66. The first-order valence-corrected chi connectivity index (χ1v) is 4.48. The number of alkyl carbamates (subject to hydrolysis) is 1. The van der Waals surface area contributed by atoms with E-state index in [0.29, 0.717) is 13.0 Å². The Morgan fingerprint density at radius 3 is 2.64 bits per heavy atom. The van der Waals surface area contributed by atoms with Crippen molar-refractivity contribution in [3.63, 3.8) is 0 Å². The average molecular weight is 192 g/mol. The molecule has 0 aliphatic heterocycles. The van der Waals surface area contributed by atoms with Crippen molar-refractivity contribution >= 4 is 6.09 Å². The molecule has 1 rings (SSSR count). The fourth-order valence-electron chi connectivity index (χ4n) is 1.16. The van der Waals surface area contributed by atoms with Gasteiger partial charge in [0.25, 0.3) is 0 Å². The molecular weight excluding hydrogens is 178 g/mol. The van der Waals surface area contributed by atoms with E-state index in [-0.39, 0.29) is 0 Å². The normalized spacial score (nSPS) is 9.57. The summed E-state index contributed by atoms with van der Waals surface area (Å²) in [5, 5.41) is 2.40. The average Bonchev–Trinajstić information content (AvgIpc) is 2.26. The van der Waals surface area contributed by atoms with Crippen LogP contribution in [0.15, 0.2) is 24.3 Å². The summed E-state index contributed by atoms with van der Waals surface area (Å²) in [6.07, 6.45) is 0.289. The quantitative estimate of drug-likeness (QED) is 0.794. The number of hydrogen-bond donors (Lipinski definition) is 1. The van der Waals surface area contributed by atoms with Gasteiger partial charge >= 0.3 is 6.09 Å². The molecule has 0 saturated heterocycles. The van der Waals surface area contributed by atoms with Gasteiger partial charge in [-0.1, -0.05) is 24.3 Å². The minimum atomic E-state index is -0.413.